The zero-order valence-electron chi connectivity index (χ0n) is 15.7. The van der Waals surface area contributed by atoms with E-state index in [2.05, 4.69) is 10.5 Å². The molecule has 144 valence electrons. The molecule has 0 heterocycles. The second-order valence-electron chi connectivity index (χ2n) is 6.16. The zero-order valence-corrected chi connectivity index (χ0v) is 15.7. The fourth-order valence-corrected chi connectivity index (χ4v) is 2.75. The lowest BCUT2D eigenvalue weighted by Crippen LogP contribution is -2.09. The summed E-state index contributed by atoms with van der Waals surface area (Å²) in [6, 6.07) is 23.4. The smallest absolute Gasteiger partial charge is 0.295 e. The summed E-state index contributed by atoms with van der Waals surface area (Å²) in [5, 5.41) is 24.8. The fraction of sp³-hybridized carbons (Fsp3) is 0.0909. The van der Waals surface area contributed by atoms with Crippen LogP contribution in [0.5, 0.6) is 5.75 Å². The third-order valence-electron chi connectivity index (χ3n) is 4.27. The molecule has 3 rings (SSSR count). The average Bonchev–Trinajstić information content (AvgIpc) is 2.77. The van der Waals surface area contributed by atoms with Crippen molar-refractivity contribution in [2.45, 2.75) is 6.42 Å². The van der Waals surface area contributed by atoms with Crippen LogP contribution in [-0.2, 0) is 6.42 Å². The number of ether oxygens (including phenoxy) is 1. The van der Waals surface area contributed by atoms with E-state index < -0.39 is 4.92 Å². The minimum atomic E-state index is -0.539. The maximum Gasteiger partial charge on any atom is 0.295 e. The molecule has 0 spiro atoms. The van der Waals surface area contributed by atoms with Gasteiger partial charge >= 0.3 is 0 Å². The van der Waals surface area contributed by atoms with Gasteiger partial charge in [0, 0.05) is 12.5 Å². The molecular weight excluding hydrogens is 368 g/mol. The molecule has 0 unspecified atom stereocenters. The van der Waals surface area contributed by atoms with Crippen molar-refractivity contribution < 1.29 is 9.66 Å². The highest BCUT2D eigenvalue weighted by Crippen LogP contribution is 2.25. The van der Waals surface area contributed by atoms with Gasteiger partial charge in [-0.15, -0.1) is 0 Å². The first-order valence-electron chi connectivity index (χ1n) is 8.80. The van der Waals surface area contributed by atoms with Crippen LogP contribution in [0.2, 0.25) is 0 Å². The van der Waals surface area contributed by atoms with E-state index >= 15 is 0 Å². The summed E-state index contributed by atoms with van der Waals surface area (Å²) in [7, 11) is 1.60. The van der Waals surface area contributed by atoms with Crippen LogP contribution >= 0.6 is 0 Å². The molecule has 0 bridgehead atoms. The minimum Gasteiger partial charge on any atom is -0.497 e. The predicted molar refractivity (Wildman–Crippen MR) is 111 cm³/mol. The largest absolute Gasteiger partial charge is 0.497 e. The zero-order chi connectivity index (χ0) is 20.6. The maximum absolute atomic E-state index is 11.4. The molecule has 0 saturated heterocycles. The van der Waals surface area contributed by atoms with Gasteiger partial charge in [-0.2, -0.15) is 10.4 Å². The number of nitro benzene ring substituents is 1. The van der Waals surface area contributed by atoms with Crippen LogP contribution in [0, 0.1) is 21.4 Å². The first kappa shape index (κ1) is 19.6. The number of hydrogen-bond donors (Lipinski definition) is 1. The van der Waals surface area contributed by atoms with Gasteiger partial charge in [-0.1, -0.05) is 30.3 Å². The number of anilines is 1. The summed E-state index contributed by atoms with van der Waals surface area (Å²) in [5.41, 5.74) is 5.64. The van der Waals surface area contributed by atoms with Gasteiger partial charge in [-0.3, -0.25) is 15.5 Å². The molecule has 0 fully saturated rings. The lowest BCUT2D eigenvalue weighted by atomic mass is 10.0. The molecule has 0 aliphatic rings. The van der Waals surface area contributed by atoms with Gasteiger partial charge in [0.15, 0.2) is 0 Å². The molecule has 3 aromatic rings. The highest BCUT2D eigenvalue weighted by Gasteiger charge is 2.15. The summed E-state index contributed by atoms with van der Waals surface area (Å²) in [6.07, 6.45) is 0.532. The first-order chi connectivity index (χ1) is 14.1. The van der Waals surface area contributed by atoms with Crippen molar-refractivity contribution >= 4 is 17.1 Å². The molecule has 0 aliphatic heterocycles. The SMILES string of the molecule is COc1ccc(/C(Cc2ccccc2)=N/Nc2ccc(C#N)cc2[N+](=O)[O-])cc1. The summed E-state index contributed by atoms with van der Waals surface area (Å²) in [5.74, 6) is 0.725. The Bertz CT molecular complexity index is 1070. The maximum atomic E-state index is 11.4. The van der Waals surface area contributed by atoms with E-state index in [1.165, 1.54) is 18.2 Å². The molecule has 0 amide bonds. The van der Waals surface area contributed by atoms with Gasteiger partial charge < -0.3 is 4.74 Å². The van der Waals surface area contributed by atoms with E-state index in [0.717, 1.165) is 16.9 Å². The van der Waals surface area contributed by atoms with Crippen molar-refractivity contribution in [3.63, 3.8) is 0 Å². The van der Waals surface area contributed by atoms with Crippen LogP contribution in [0.15, 0.2) is 77.9 Å². The molecule has 1 N–H and O–H groups in total. The second kappa shape index (κ2) is 9.15. The van der Waals surface area contributed by atoms with Crippen molar-refractivity contribution in [2.24, 2.45) is 5.10 Å². The van der Waals surface area contributed by atoms with Gasteiger partial charge in [0.2, 0.25) is 0 Å². The molecule has 0 radical (unpaired) electrons. The molecule has 0 atom stereocenters. The molecule has 7 heteroatoms. The number of nitrogens with zero attached hydrogens (tertiary/aromatic N) is 3. The number of nitriles is 1. The Labute approximate surface area is 168 Å². The van der Waals surface area contributed by atoms with Gasteiger partial charge in [0.1, 0.15) is 11.4 Å². The van der Waals surface area contributed by atoms with E-state index in [9.17, 15) is 10.1 Å². The Morgan fingerprint density at radius 2 is 1.86 bits per heavy atom. The number of nitro groups is 1. The molecule has 0 aromatic heterocycles. The van der Waals surface area contributed by atoms with Gasteiger partial charge in [0.25, 0.3) is 5.69 Å². The van der Waals surface area contributed by atoms with Gasteiger partial charge in [-0.05, 0) is 47.5 Å². The summed E-state index contributed by atoms with van der Waals surface area (Å²) >= 11 is 0. The molecule has 0 aliphatic carbocycles. The van der Waals surface area contributed by atoms with E-state index in [4.69, 9.17) is 10.00 Å². The fourth-order valence-electron chi connectivity index (χ4n) is 2.75. The predicted octanol–water partition coefficient (Wildman–Crippen LogP) is 4.53. The number of methoxy groups -OCH3 is 1. The number of hydrogen-bond acceptors (Lipinski definition) is 6. The first-order valence-corrected chi connectivity index (χ1v) is 8.80. The summed E-state index contributed by atoms with van der Waals surface area (Å²) < 4.78 is 5.20. The van der Waals surface area contributed by atoms with Crippen LogP contribution in [-0.4, -0.2) is 17.7 Å². The molecular formula is C22H18N4O3. The lowest BCUT2D eigenvalue weighted by molar-refractivity contribution is -0.384. The van der Waals surface area contributed by atoms with E-state index in [-0.39, 0.29) is 16.9 Å². The van der Waals surface area contributed by atoms with Crippen molar-refractivity contribution in [1.82, 2.24) is 0 Å². The monoisotopic (exact) mass is 386 g/mol. The van der Waals surface area contributed by atoms with Gasteiger partial charge in [-0.25, -0.2) is 0 Å². The summed E-state index contributed by atoms with van der Waals surface area (Å²) in [4.78, 5) is 10.8. The molecule has 3 aromatic carbocycles. The quantitative estimate of drug-likeness (QED) is 0.365. The summed E-state index contributed by atoms with van der Waals surface area (Å²) in [6.45, 7) is 0. The molecule has 29 heavy (non-hydrogen) atoms. The van der Waals surface area contributed by atoms with Crippen molar-refractivity contribution in [2.75, 3.05) is 12.5 Å². The normalized spacial score (nSPS) is 10.8. The minimum absolute atomic E-state index is 0.207. The van der Waals surface area contributed by atoms with Crippen LogP contribution in [0.1, 0.15) is 16.7 Å². The van der Waals surface area contributed by atoms with E-state index in [1.54, 1.807) is 7.11 Å². The Kier molecular flexibility index (Phi) is 6.18. The van der Waals surface area contributed by atoms with Crippen molar-refractivity contribution in [1.29, 1.82) is 5.26 Å². The highest BCUT2D eigenvalue weighted by atomic mass is 16.6. The third-order valence-corrected chi connectivity index (χ3v) is 4.27. The Morgan fingerprint density at radius 1 is 1.14 bits per heavy atom. The van der Waals surface area contributed by atoms with Crippen LogP contribution < -0.4 is 10.2 Å². The molecule has 0 saturated carbocycles. The van der Waals surface area contributed by atoms with Gasteiger partial charge in [0.05, 0.1) is 29.4 Å². The number of hydrazone groups is 1. The van der Waals surface area contributed by atoms with Crippen LogP contribution in [0.4, 0.5) is 11.4 Å². The van der Waals surface area contributed by atoms with Crippen LogP contribution in [0.25, 0.3) is 0 Å². The number of rotatable bonds is 7. The Balaban J connectivity index is 1.96. The number of benzene rings is 3. The molecule has 7 nitrogen and oxygen atoms in total. The lowest BCUT2D eigenvalue weighted by Gasteiger charge is -2.10. The Hall–Kier alpha value is -4.18. The average molecular weight is 386 g/mol. The topological polar surface area (TPSA) is 101 Å². The van der Waals surface area contributed by atoms with Crippen molar-refractivity contribution in [3.05, 3.63) is 99.6 Å². The highest BCUT2D eigenvalue weighted by molar-refractivity contribution is 6.02. The van der Waals surface area contributed by atoms with Crippen molar-refractivity contribution in [3.8, 4) is 11.8 Å². The third kappa shape index (κ3) is 4.96. The second-order valence-corrected chi connectivity index (χ2v) is 6.16. The van der Waals surface area contributed by atoms with Crippen LogP contribution in [0.3, 0.4) is 0 Å². The number of nitrogens with one attached hydrogen (secondary N) is 1. The standard InChI is InChI=1S/C22H18N4O3/c1-29-19-10-8-18(9-11-19)21(13-16-5-3-2-4-6-16)25-24-20-12-7-17(15-23)14-22(20)26(27)28/h2-12,14,24H,13H2,1H3/b25-21+. The Morgan fingerprint density at radius 3 is 2.48 bits per heavy atom. The van der Waals surface area contributed by atoms with E-state index in [1.807, 2.05) is 60.7 Å². The van der Waals surface area contributed by atoms with E-state index in [0.29, 0.717) is 12.1 Å².